The lowest BCUT2D eigenvalue weighted by atomic mass is 9.87. The Morgan fingerprint density at radius 1 is 1.20 bits per heavy atom. The van der Waals surface area contributed by atoms with Crippen molar-refractivity contribution in [1.82, 2.24) is 10.2 Å². The van der Waals surface area contributed by atoms with Gasteiger partial charge in [-0.2, -0.15) is 0 Å². The van der Waals surface area contributed by atoms with Gasteiger partial charge in [-0.25, -0.2) is 4.90 Å². The van der Waals surface area contributed by atoms with Gasteiger partial charge in [0.15, 0.2) is 0 Å². The van der Waals surface area contributed by atoms with E-state index in [0.717, 1.165) is 12.0 Å². The standard InChI is InChI=1S/C31H45BrN4O9/c1-17(6-9-24-18(2)12-23(20(4)44-24)35-26(38)11-8-19(3)43-21(5)37)7-10-25-29(41)31(16-42-31)14-22(45-25)13-27(39)36(30(33)34)28(40)15-32/h6-8,10-11,18-20,22-25,29,41H,9,12-16H2,1-5H3,(H3,33,34)(H,35,38)/b10-7+,11-8-,17-6+/t18-,19-,20+,22+,23+,24-,25+,29+,31+/m0/s1. The van der Waals surface area contributed by atoms with Crippen LogP contribution in [0, 0.1) is 11.3 Å². The minimum absolute atomic E-state index is 0.0578. The summed E-state index contributed by atoms with van der Waals surface area (Å²) in [6.45, 7) is 9.26. The lowest BCUT2D eigenvalue weighted by Gasteiger charge is -2.39. The fourth-order valence-electron chi connectivity index (χ4n) is 5.64. The molecule has 3 amide bonds. The van der Waals surface area contributed by atoms with Crippen molar-refractivity contribution in [3.63, 3.8) is 0 Å². The van der Waals surface area contributed by atoms with Crippen molar-refractivity contribution in [3.05, 3.63) is 36.0 Å². The van der Waals surface area contributed by atoms with Gasteiger partial charge in [0.05, 0.1) is 42.7 Å². The molecule has 14 heteroatoms. The van der Waals surface area contributed by atoms with Gasteiger partial charge in [-0.1, -0.05) is 46.7 Å². The number of nitrogens with one attached hydrogen (secondary N) is 2. The molecular weight excluding hydrogens is 652 g/mol. The van der Waals surface area contributed by atoms with Crippen LogP contribution in [0.5, 0.6) is 0 Å². The number of halogens is 1. The van der Waals surface area contributed by atoms with E-state index in [1.807, 2.05) is 26.0 Å². The number of allylic oxidation sites excluding steroid dienone is 2. The van der Waals surface area contributed by atoms with E-state index < -0.39 is 53.8 Å². The van der Waals surface area contributed by atoms with Crippen molar-refractivity contribution >= 4 is 45.6 Å². The Kier molecular flexibility index (Phi) is 13.1. The minimum atomic E-state index is -0.935. The van der Waals surface area contributed by atoms with E-state index in [9.17, 15) is 24.3 Å². The Morgan fingerprint density at radius 3 is 2.49 bits per heavy atom. The fourth-order valence-corrected chi connectivity index (χ4v) is 5.89. The number of guanidine groups is 1. The van der Waals surface area contributed by atoms with E-state index in [2.05, 4.69) is 28.2 Å². The van der Waals surface area contributed by atoms with Crippen LogP contribution in [-0.2, 0) is 38.1 Å². The van der Waals surface area contributed by atoms with Gasteiger partial charge in [0, 0.05) is 19.4 Å². The van der Waals surface area contributed by atoms with Crippen molar-refractivity contribution in [2.24, 2.45) is 11.7 Å². The highest BCUT2D eigenvalue weighted by Crippen LogP contribution is 2.43. The molecular formula is C31H45BrN4O9. The second-order valence-corrected chi connectivity index (χ2v) is 12.6. The number of alkyl halides is 1. The maximum atomic E-state index is 12.8. The molecule has 3 aliphatic heterocycles. The number of amides is 3. The first-order chi connectivity index (χ1) is 21.1. The number of epoxide rings is 1. The van der Waals surface area contributed by atoms with Crippen LogP contribution in [0.15, 0.2) is 36.0 Å². The van der Waals surface area contributed by atoms with Gasteiger partial charge in [-0.15, -0.1) is 0 Å². The maximum Gasteiger partial charge on any atom is 0.303 e. The molecule has 3 fully saturated rings. The normalized spacial score (nSPS) is 32.3. The summed E-state index contributed by atoms with van der Waals surface area (Å²) in [6, 6.07) is -0.163. The molecule has 250 valence electrons. The molecule has 9 atom stereocenters. The number of carbonyl (C=O) groups excluding carboxylic acids is 4. The molecule has 3 aliphatic rings. The summed E-state index contributed by atoms with van der Waals surface area (Å²) in [6.07, 6.45) is 6.87. The fraction of sp³-hybridized carbons (Fsp3) is 0.645. The van der Waals surface area contributed by atoms with Crippen LogP contribution in [-0.4, -0.2) is 99.9 Å². The van der Waals surface area contributed by atoms with E-state index in [-0.39, 0.29) is 48.2 Å². The number of nitrogens with zero attached hydrogens (tertiary/aromatic N) is 1. The summed E-state index contributed by atoms with van der Waals surface area (Å²) in [5.74, 6) is -2.50. The third kappa shape index (κ3) is 10.3. The highest BCUT2D eigenvalue weighted by Gasteiger charge is 2.58. The Morgan fingerprint density at radius 2 is 1.89 bits per heavy atom. The van der Waals surface area contributed by atoms with Crippen LogP contribution in [0.4, 0.5) is 0 Å². The second-order valence-electron chi connectivity index (χ2n) is 12.0. The smallest absolute Gasteiger partial charge is 0.303 e. The van der Waals surface area contributed by atoms with Crippen LogP contribution < -0.4 is 11.1 Å². The van der Waals surface area contributed by atoms with Gasteiger partial charge < -0.3 is 35.1 Å². The van der Waals surface area contributed by atoms with E-state index in [1.165, 1.54) is 19.1 Å². The second kappa shape index (κ2) is 16.1. The van der Waals surface area contributed by atoms with E-state index in [0.29, 0.717) is 17.9 Å². The number of ether oxygens (including phenoxy) is 4. The lowest BCUT2D eigenvalue weighted by molar-refractivity contribution is -0.152. The van der Waals surface area contributed by atoms with Crippen molar-refractivity contribution in [2.45, 2.75) is 109 Å². The van der Waals surface area contributed by atoms with Crippen molar-refractivity contribution in [3.8, 4) is 0 Å². The monoisotopic (exact) mass is 696 g/mol. The number of esters is 1. The molecule has 3 saturated heterocycles. The minimum Gasteiger partial charge on any atom is -0.459 e. The summed E-state index contributed by atoms with van der Waals surface area (Å²) in [5, 5.41) is 21.3. The van der Waals surface area contributed by atoms with Crippen LogP contribution >= 0.6 is 15.9 Å². The van der Waals surface area contributed by atoms with Crippen molar-refractivity contribution in [1.29, 1.82) is 5.41 Å². The Bertz CT molecular complexity index is 1220. The van der Waals surface area contributed by atoms with Gasteiger partial charge in [0.1, 0.15) is 23.9 Å². The number of hydrogen-bond acceptors (Lipinski definition) is 10. The SMILES string of the molecule is CC(=O)O[C@@H](C)/C=C\C(=O)N[C@@H]1C[C@H](C)[C@H](C/C=C(C)/C=C/[C@H]2O[C@H](CC(=O)N(C(=N)N)C(=O)CBr)C[C@@]3(CO3)[C@@H]2O)O[C@@H]1C. The zero-order valence-corrected chi connectivity index (χ0v) is 27.9. The number of rotatable bonds is 11. The van der Waals surface area contributed by atoms with Crippen molar-refractivity contribution in [2.75, 3.05) is 11.9 Å². The molecule has 13 nitrogen and oxygen atoms in total. The molecule has 0 radical (unpaired) electrons. The first-order valence-electron chi connectivity index (χ1n) is 15.0. The molecule has 0 saturated carbocycles. The van der Waals surface area contributed by atoms with Crippen molar-refractivity contribution < 1.29 is 43.2 Å². The Labute approximate surface area is 272 Å². The zero-order valence-electron chi connectivity index (χ0n) is 26.4. The molecule has 0 aromatic rings. The number of nitrogens with two attached hydrogens (primary N) is 1. The third-order valence-corrected chi connectivity index (χ3v) is 8.66. The highest BCUT2D eigenvalue weighted by molar-refractivity contribution is 9.09. The molecule has 5 N–H and O–H groups in total. The van der Waals surface area contributed by atoms with Gasteiger partial charge >= 0.3 is 5.97 Å². The molecule has 1 spiro atoms. The number of imide groups is 1. The number of carbonyl (C=O) groups is 4. The molecule has 0 aliphatic carbocycles. The van der Waals surface area contributed by atoms with Crippen LogP contribution in [0.2, 0.25) is 0 Å². The molecule has 0 bridgehead atoms. The quantitative estimate of drug-likeness (QED) is 0.0472. The van der Waals surface area contributed by atoms with Gasteiger partial charge in [0.25, 0.3) is 0 Å². The average Bonchev–Trinajstić information content (AvgIpc) is 3.73. The topological polar surface area (TPSA) is 194 Å². The first-order valence-corrected chi connectivity index (χ1v) is 16.2. The maximum absolute atomic E-state index is 12.8. The van der Waals surface area contributed by atoms with Gasteiger partial charge in [-0.05, 0) is 45.6 Å². The summed E-state index contributed by atoms with van der Waals surface area (Å²) in [7, 11) is 0. The van der Waals surface area contributed by atoms with Gasteiger partial charge in [0.2, 0.25) is 23.7 Å². The van der Waals surface area contributed by atoms with Crippen LogP contribution in [0.25, 0.3) is 0 Å². The lowest BCUT2D eigenvalue weighted by Crippen LogP contribution is -2.52. The predicted octanol–water partition coefficient (Wildman–Crippen LogP) is 2.01. The highest BCUT2D eigenvalue weighted by atomic mass is 79.9. The molecule has 3 heterocycles. The summed E-state index contributed by atoms with van der Waals surface area (Å²) in [4.78, 5) is 48.9. The molecule has 3 rings (SSSR count). The van der Waals surface area contributed by atoms with Gasteiger partial charge in [-0.3, -0.25) is 24.6 Å². The van der Waals surface area contributed by atoms with E-state index >= 15 is 0 Å². The summed E-state index contributed by atoms with van der Waals surface area (Å²) >= 11 is 3.00. The largest absolute Gasteiger partial charge is 0.459 e. The Balaban J connectivity index is 1.55. The summed E-state index contributed by atoms with van der Waals surface area (Å²) in [5.41, 5.74) is 5.56. The number of aliphatic hydroxyl groups is 1. The van der Waals surface area contributed by atoms with E-state index in [4.69, 9.17) is 30.1 Å². The number of hydrogen-bond donors (Lipinski definition) is 4. The molecule has 0 unspecified atom stereocenters. The first kappa shape index (κ1) is 36.6. The predicted molar refractivity (Wildman–Crippen MR) is 168 cm³/mol. The third-order valence-electron chi connectivity index (χ3n) is 8.18. The van der Waals surface area contributed by atoms with Crippen LogP contribution in [0.1, 0.15) is 60.3 Å². The Hall–Kier alpha value is -2.91. The van der Waals surface area contributed by atoms with E-state index in [1.54, 1.807) is 13.0 Å². The van der Waals surface area contributed by atoms with Crippen LogP contribution in [0.3, 0.4) is 0 Å². The molecule has 0 aromatic heterocycles. The average molecular weight is 698 g/mol. The summed E-state index contributed by atoms with van der Waals surface area (Å²) < 4.78 is 22.9. The molecule has 0 aromatic carbocycles. The molecule has 45 heavy (non-hydrogen) atoms. The zero-order chi connectivity index (χ0) is 33.5. The number of aliphatic hydroxyl groups excluding tert-OH is 1.